The number of rotatable bonds is 4. The molecule has 0 aliphatic rings. The van der Waals surface area contributed by atoms with Gasteiger partial charge >= 0.3 is 6.18 Å². The van der Waals surface area contributed by atoms with Crippen LogP contribution in [-0.2, 0) is 12.7 Å². The lowest BCUT2D eigenvalue weighted by Crippen LogP contribution is -2.37. The number of aromatic nitrogens is 2. The van der Waals surface area contributed by atoms with Crippen molar-refractivity contribution in [2.45, 2.75) is 25.7 Å². The van der Waals surface area contributed by atoms with Gasteiger partial charge in [0.2, 0.25) is 0 Å². The molecular formula is C14H11Br3F3N3O. The summed E-state index contributed by atoms with van der Waals surface area (Å²) in [6.45, 7) is 1.97. The van der Waals surface area contributed by atoms with E-state index in [0.29, 0.717) is 13.7 Å². The van der Waals surface area contributed by atoms with E-state index in [2.05, 4.69) is 58.2 Å². The van der Waals surface area contributed by atoms with Crippen molar-refractivity contribution in [3.8, 4) is 0 Å². The van der Waals surface area contributed by atoms with Gasteiger partial charge in [-0.3, -0.25) is 9.48 Å². The van der Waals surface area contributed by atoms with E-state index in [4.69, 9.17) is 0 Å². The summed E-state index contributed by atoms with van der Waals surface area (Å²) in [5, 5.41) is 6.76. The molecule has 0 unspecified atom stereocenters. The fourth-order valence-electron chi connectivity index (χ4n) is 2.05. The maximum atomic E-state index is 13.0. The van der Waals surface area contributed by atoms with E-state index in [1.165, 1.54) is 12.1 Å². The highest BCUT2D eigenvalue weighted by Crippen LogP contribution is 2.32. The van der Waals surface area contributed by atoms with Gasteiger partial charge in [-0.2, -0.15) is 18.3 Å². The molecule has 1 aromatic carbocycles. The van der Waals surface area contributed by atoms with Crippen molar-refractivity contribution in [1.82, 2.24) is 15.1 Å². The molecule has 10 heteroatoms. The number of halogens is 6. The molecule has 1 atom stereocenters. The Kier molecular flexibility index (Phi) is 6.14. The predicted molar refractivity (Wildman–Crippen MR) is 93.7 cm³/mol. The van der Waals surface area contributed by atoms with Crippen molar-refractivity contribution in [2.75, 3.05) is 0 Å². The molecule has 0 saturated heterocycles. The van der Waals surface area contributed by atoms with Crippen LogP contribution in [0.15, 0.2) is 37.9 Å². The standard InChI is InChI=1S/C14H11Br3F3N3O/c1-7(6-23-12(17)10(15)11(16)22-23)21-13(24)8-4-2-3-5-9(8)14(18,19)20/h2-5,7H,6H2,1H3,(H,21,24)/t7-/m0/s1. The summed E-state index contributed by atoms with van der Waals surface area (Å²) in [6.07, 6.45) is -4.59. The molecule has 130 valence electrons. The third-order valence-electron chi connectivity index (χ3n) is 3.10. The minimum Gasteiger partial charge on any atom is -0.348 e. The van der Waals surface area contributed by atoms with Crippen molar-refractivity contribution < 1.29 is 18.0 Å². The lowest BCUT2D eigenvalue weighted by atomic mass is 10.1. The lowest BCUT2D eigenvalue weighted by molar-refractivity contribution is -0.137. The van der Waals surface area contributed by atoms with Gasteiger partial charge in [-0.15, -0.1) is 0 Å². The van der Waals surface area contributed by atoms with Gasteiger partial charge < -0.3 is 5.32 Å². The average molecular weight is 534 g/mol. The number of nitrogens with one attached hydrogen (secondary N) is 1. The normalized spacial score (nSPS) is 13.0. The molecular weight excluding hydrogens is 523 g/mol. The van der Waals surface area contributed by atoms with Crippen LogP contribution in [-0.4, -0.2) is 21.7 Å². The van der Waals surface area contributed by atoms with Crippen molar-refractivity contribution >= 4 is 53.7 Å². The summed E-state index contributed by atoms with van der Waals surface area (Å²) in [5.41, 5.74) is -1.36. The first kappa shape index (κ1) is 19.5. The largest absolute Gasteiger partial charge is 0.417 e. The molecule has 1 N–H and O–H groups in total. The van der Waals surface area contributed by atoms with Crippen molar-refractivity contribution in [2.24, 2.45) is 0 Å². The summed E-state index contributed by atoms with van der Waals surface area (Å²) in [5.74, 6) is -0.781. The summed E-state index contributed by atoms with van der Waals surface area (Å²) >= 11 is 9.91. The Morgan fingerprint density at radius 1 is 1.29 bits per heavy atom. The summed E-state index contributed by atoms with van der Waals surface area (Å²) in [6, 6.07) is 4.25. The number of carbonyl (C=O) groups excluding carboxylic acids is 1. The number of carbonyl (C=O) groups is 1. The Labute approximate surface area is 161 Å². The van der Waals surface area contributed by atoms with Gasteiger partial charge in [-0.05, 0) is 66.8 Å². The summed E-state index contributed by atoms with van der Waals surface area (Å²) in [7, 11) is 0. The molecule has 0 aliphatic carbocycles. The Balaban J connectivity index is 2.14. The number of hydrogen-bond donors (Lipinski definition) is 1. The maximum absolute atomic E-state index is 13.0. The highest BCUT2D eigenvalue weighted by Gasteiger charge is 2.35. The molecule has 1 amide bonds. The van der Waals surface area contributed by atoms with E-state index in [1.807, 2.05) is 0 Å². The molecule has 2 rings (SSSR count). The Morgan fingerprint density at radius 2 is 1.92 bits per heavy atom. The van der Waals surface area contributed by atoms with E-state index >= 15 is 0 Å². The second-order valence-electron chi connectivity index (χ2n) is 5.00. The number of hydrogen-bond acceptors (Lipinski definition) is 2. The number of alkyl halides is 3. The van der Waals surface area contributed by atoms with Gasteiger partial charge in [0.15, 0.2) is 0 Å². The van der Waals surface area contributed by atoms with Crippen molar-refractivity contribution in [3.05, 3.63) is 49.1 Å². The molecule has 1 aromatic heterocycles. The summed E-state index contributed by atoms with van der Waals surface area (Å²) in [4.78, 5) is 12.2. The van der Waals surface area contributed by atoms with Gasteiger partial charge in [0.1, 0.15) is 9.21 Å². The van der Waals surface area contributed by atoms with E-state index in [0.717, 1.165) is 12.1 Å². The Hall–Kier alpha value is -0.870. The number of benzene rings is 1. The highest BCUT2D eigenvalue weighted by molar-refractivity contribution is 9.14. The zero-order valence-electron chi connectivity index (χ0n) is 12.2. The SMILES string of the molecule is C[C@@H](Cn1nc(Br)c(Br)c1Br)NC(=O)c1ccccc1C(F)(F)F. The molecule has 1 heterocycles. The summed E-state index contributed by atoms with van der Waals surface area (Å²) < 4.78 is 42.5. The van der Waals surface area contributed by atoms with E-state index < -0.39 is 29.3 Å². The van der Waals surface area contributed by atoms with E-state index in [9.17, 15) is 18.0 Å². The van der Waals surface area contributed by atoms with Gasteiger partial charge in [0, 0.05) is 6.04 Å². The molecule has 4 nitrogen and oxygen atoms in total. The molecule has 24 heavy (non-hydrogen) atoms. The van der Waals surface area contributed by atoms with Gasteiger partial charge in [-0.1, -0.05) is 12.1 Å². The van der Waals surface area contributed by atoms with Gasteiger partial charge in [-0.25, -0.2) is 0 Å². The molecule has 2 aromatic rings. The van der Waals surface area contributed by atoms with Crippen LogP contribution >= 0.6 is 47.8 Å². The highest BCUT2D eigenvalue weighted by atomic mass is 79.9. The third-order valence-corrected chi connectivity index (χ3v) is 6.27. The molecule has 0 bridgehead atoms. The molecule has 0 spiro atoms. The Morgan fingerprint density at radius 3 is 2.46 bits per heavy atom. The molecule has 0 radical (unpaired) electrons. The molecule has 0 aliphatic heterocycles. The van der Waals surface area contributed by atoms with Crippen LogP contribution in [0.4, 0.5) is 13.2 Å². The topological polar surface area (TPSA) is 46.9 Å². The second-order valence-corrected chi connectivity index (χ2v) is 7.29. The van der Waals surface area contributed by atoms with Crippen LogP contribution in [0, 0.1) is 0 Å². The van der Waals surface area contributed by atoms with Crippen LogP contribution in [0.2, 0.25) is 0 Å². The predicted octanol–water partition coefficient (Wildman–Crippen LogP) is 5.01. The van der Waals surface area contributed by atoms with E-state index in [1.54, 1.807) is 11.6 Å². The van der Waals surface area contributed by atoms with Crippen LogP contribution in [0.3, 0.4) is 0 Å². The first-order valence-corrected chi connectivity index (χ1v) is 9.03. The second kappa shape index (κ2) is 7.57. The monoisotopic (exact) mass is 531 g/mol. The van der Waals surface area contributed by atoms with E-state index in [-0.39, 0.29) is 6.54 Å². The maximum Gasteiger partial charge on any atom is 0.417 e. The average Bonchev–Trinajstić information content (AvgIpc) is 2.73. The minimum absolute atomic E-state index is 0.282. The fraction of sp³-hybridized carbons (Fsp3) is 0.286. The zero-order valence-corrected chi connectivity index (χ0v) is 16.9. The first-order chi connectivity index (χ1) is 11.1. The zero-order chi connectivity index (χ0) is 18.1. The number of amides is 1. The third kappa shape index (κ3) is 4.40. The van der Waals surface area contributed by atoms with Crippen molar-refractivity contribution in [1.29, 1.82) is 0 Å². The van der Waals surface area contributed by atoms with Gasteiger partial charge in [0.25, 0.3) is 5.91 Å². The fourth-order valence-corrected chi connectivity index (χ4v) is 3.39. The number of nitrogens with zero attached hydrogens (tertiary/aromatic N) is 2. The quantitative estimate of drug-likeness (QED) is 0.601. The van der Waals surface area contributed by atoms with Crippen LogP contribution in [0.5, 0.6) is 0 Å². The lowest BCUT2D eigenvalue weighted by Gasteiger charge is -2.17. The minimum atomic E-state index is -4.59. The van der Waals surface area contributed by atoms with Gasteiger partial charge in [0.05, 0.1) is 22.1 Å². The van der Waals surface area contributed by atoms with Crippen LogP contribution in [0.25, 0.3) is 0 Å². The smallest absolute Gasteiger partial charge is 0.348 e. The Bertz CT molecular complexity index is 761. The van der Waals surface area contributed by atoms with Crippen molar-refractivity contribution in [3.63, 3.8) is 0 Å². The van der Waals surface area contributed by atoms with Crippen LogP contribution in [0.1, 0.15) is 22.8 Å². The molecule has 0 fully saturated rings. The van der Waals surface area contributed by atoms with Crippen LogP contribution < -0.4 is 5.32 Å². The first-order valence-electron chi connectivity index (χ1n) is 6.65. The molecule has 0 saturated carbocycles.